The molecule has 21 heavy (non-hydrogen) atoms. The molecule has 1 amide bonds. The normalized spacial score (nSPS) is 20.9. The van der Waals surface area contributed by atoms with Gasteiger partial charge in [-0.2, -0.15) is 0 Å². The van der Waals surface area contributed by atoms with Crippen LogP contribution in [0.4, 0.5) is 5.69 Å². The van der Waals surface area contributed by atoms with Crippen LogP contribution in [0, 0.1) is 12.8 Å². The highest BCUT2D eigenvalue weighted by atomic mass is 16.3. The van der Waals surface area contributed by atoms with Gasteiger partial charge in [0.2, 0.25) is 5.91 Å². The summed E-state index contributed by atoms with van der Waals surface area (Å²) < 4.78 is 0. The Kier molecular flexibility index (Phi) is 3.76. The molecule has 1 saturated heterocycles. The number of hydrogen-bond donors (Lipinski definition) is 1. The highest BCUT2D eigenvalue weighted by molar-refractivity contribution is 5.95. The average molecular weight is 288 g/mol. The summed E-state index contributed by atoms with van der Waals surface area (Å²) in [5.41, 5.74) is 1.59. The van der Waals surface area contributed by atoms with Crippen molar-refractivity contribution in [3.63, 3.8) is 0 Å². The summed E-state index contributed by atoms with van der Waals surface area (Å²) in [7, 11) is 0. The monoisotopic (exact) mass is 288 g/mol. The number of hydrogen-bond acceptors (Lipinski definition) is 3. The summed E-state index contributed by atoms with van der Waals surface area (Å²) in [6.45, 7) is 6.40. The van der Waals surface area contributed by atoms with Gasteiger partial charge in [-0.15, -0.1) is 0 Å². The van der Waals surface area contributed by atoms with Crippen LogP contribution in [0.5, 0.6) is 0 Å². The van der Waals surface area contributed by atoms with Crippen molar-refractivity contribution in [3.8, 4) is 0 Å². The lowest BCUT2D eigenvalue weighted by Gasteiger charge is -2.47. The van der Waals surface area contributed by atoms with Crippen molar-refractivity contribution in [1.82, 2.24) is 4.90 Å². The first kappa shape index (κ1) is 14.5. The molecule has 3 rings (SSSR count). The van der Waals surface area contributed by atoms with Gasteiger partial charge in [0.15, 0.2) is 0 Å². The predicted molar refractivity (Wildman–Crippen MR) is 83.3 cm³/mol. The van der Waals surface area contributed by atoms with Gasteiger partial charge in [-0.05, 0) is 44.2 Å². The van der Waals surface area contributed by atoms with Gasteiger partial charge in [-0.1, -0.05) is 18.2 Å². The Morgan fingerprint density at radius 2 is 2.05 bits per heavy atom. The number of likely N-dealkylation sites (tertiary alicyclic amines) is 1. The largest absolute Gasteiger partial charge is 0.387 e. The maximum atomic E-state index is 12.5. The van der Waals surface area contributed by atoms with Crippen LogP contribution in [0.2, 0.25) is 0 Å². The lowest BCUT2D eigenvalue weighted by molar-refractivity contribution is -0.134. The third kappa shape index (κ3) is 2.83. The molecule has 0 unspecified atom stereocenters. The van der Waals surface area contributed by atoms with E-state index in [1.54, 1.807) is 0 Å². The molecule has 1 aliphatic heterocycles. The highest BCUT2D eigenvalue weighted by Crippen LogP contribution is 2.44. The molecule has 4 heteroatoms. The van der Waals surface area contributed by atoms with Gasteiger partial charge >= 0.3 is 0 Å². The SMILES string of the molecule is CCN(C(=O)CN1CC(O)(C2CC2)C1)c1ccccc1C. The van der Waals surface area contributed by atoms with E-state index < -0.39 is 5.60 Å². The molecule has 0 radical (unpaired) electrons. The number of carbonyl (C=O) groups is 1. The summed E-state index contributed by atoms with van der Waals surface area (Å²) in [5, 5.41) is 10.3. The molecule has 2 aliphatic rings. The Morgan fingerprint density at radius 3 is 2.62 bits per heavy atom. The molecule has 0 spiro atoms. The number of nitrogens with zero attached hydrogens (tertiary/aromatic N) is 2. The number of benzene rings is 1. The molecule has 0 bridgehead atoms. The van der Waals surface area contributed by atoms with Gasteiger partial charge in [0.1, 0.15) is 0 Å². The first-order chi connectivity index (χ1) is 10.0. The van der Waals surface area contributed by atoms with Crippen molar-refractivity contribution in [3.05, 3.63) is 29.8 Å². The molecule has 1 saturated carbocycles. The van der Waals surface area contributed by atoms with E-state index in [4.69, 9.17) is 0 Å². The molecule has 1 N–H and O–H groups in total. The molecule has 0 aromatic heterocycles. The van der Waals surface area contributed by atoms with Crippen LogP contribution >= 0.6 is 0 Å². The van der Waals surface area contributed by atoms with Crippen LogP contribution in [0.25, 0.3) is 0 Å². The molecule has 1 aliphatic carbocycles. The third-order valence-corrected chi connectivity index (χ3v) is 4.71. The minimum Gasteiger partial charge on any atom is -0.387 e. The predicted octanol–water partition coefficient (Wildman–Crippen LogP) is 1.80. The van der Waals surface area contributed by atoms with Crippen LogP contribution in [0.3, 0.4) is 0 Å². The topological polar surface area (TPSA) is 43.8 Å². The second-order valence-electron chi connectivity index (χ2n) is 6.45. The lowest BCUT2D eigenvalue weighted by atomic mass is 9.89. The quantitative estimate of drug-likeness (QED) is 0.898. The Morgan fingerprint density at radius 1 is 1.38 bits per heavy atom. The van der Waals surface area contributed by atoms with E-state index in [9.17, 15) is 9.90 Å². The number of para-hydroxylation sites is 1. The van der Waals surface area contributed by atoms with Crippen molar-refractivity contribution < 1.29 is 9.90 Å². The Hall–Kier alpha value is -1.39. The van der Waals surface area contributed by atoms with Gasteiger partial charge in [0.05, 0.1) is 12.1 Å². The molecule has 4 nitrogen and oxygen atoms in total. The zero-order valence-electron chi connectivity index (χ0n) is 12.9. The van der Waals surface area contributed by atoms with Crippen molar-refractivity contribution in [2.24, 2.45) is 5.92 Å². The maximum absolute atomic E-state index is 12.5. The minimum atomic E-state index is -0.514. The molecule has 1 aromatic carbocycles. The van der Waals surface area contributed by atoms with E-state index in [0.717, 1.165) is 24.1 Å². The summed E-state index contributed by atoms with van der Waals surface area (Å²) in [6.07, 6.45) is 2.28. The Bertz CT molecular complexity index is 533. The van der Waals surface area contributed by atoms with Gasteiger partial charge < -0.3 is 10.0 Å². The van der Waals surface area contributed by atoms with Crippen LogP contribution in [0.15, 0.2) is 24.3 Å². The summed E-state index contributed by atoms with van der Waals surface area (Å²) in [4.78, 5) is 16.4. The highest BCUT2D eigenvalue weighted by Gasteiger charge is 2.52. The van der Waals surface area contributed by atoms with Crippen molar-refractivity contribution in [2.75, 3.05) is 31.1 Å². The summed E-state index contributed by atoms with van der Waals surface area (Å²) >= 11 is 0. The molecule has 2 fully saturated rings. The van der Waals surface area contributed by atoms with E-state index in [2.05, 4.69) is 4.90 Å². The van der Waals surface area contributed by atoms with Gasteiger partial charge in [-0.25, -0.2) is 0 Å². The smallest absolute Gasteiger partial charge is 0.241 e. The van der Waals surface area contributed by atoms with E-state index in [-0.39, 0.29) is 5.91 Å². The van der Waals surface area contributed by atoms with E-state index in [1.807, 2.05) is 43.0 Å². The first-order valence-corrected chi connectivity index (χ1v) is 7.84. The number of rotatable bonds is 5. The second-order valence-corrected chi connectivity index (χ2v) is 6.45. The van der Waals surface area contributed by atoms with Crippen molar-refractivity contribution in [2.45, 2.75) is 32.3 Å². The number of β-amino-alcohol motifs (C(OH)–C–C–N with tert-alkyl or cyclic N) is 1. The zero-order valence-corrected chi connectivity index (χ0v) is 12.9. The number of likely N-dealkylation sites (N-methyl/N-ethyl adjacent to an activating group) is 1. The van der Waals surface area contributed by atoms with Crippen LogP contribution in [-0.2, 0) is 4.79 Å². The van der Waals surface area contributed by atoms with Crippen LogP contribution in [0.1, 0.15) is 25.3 Å². The minimum absolute atomic E-state index is 0.115. The number of carbonyl (C=O) groups excluding carboxylic acids is 1. The fourth-order valence-corrected chi connectivity index (χ4v) is 3.34. The molecule has 1 heterocycles. The Labute approximate surface area is 126 Å². The molecular formula is C17H24N2O2. The van der Waals surface area contributed by atoms with Gasteiger partial charge in [0.25, 0.3) is 0 Å². The number of aryl methyl sites for hydroxylation is 1. The standard InChI is InChI=1S/C17H24N2O2/c1-3-19(15-7-5-4-6-13(15)2)16(20)10-18-11-17(21,12-18)14-8-9-14/h4-7,14,21H,3,8-12H2,1-2H3. The number of aliphatic hydroxyl groups is 1. The van der Waals surface area contributed by atoms with Crippen molar-refractivity contribution >= 4 is 11.6 Å². The summed E-state index contributed by atoms with van der Waals surface area (Å²) in [5.74, 6) is 0.590. The number of amides is 1. The molecular weight excluding hydrogens is 264 g/mol. The number of anilines is 1. The van der Waals surface area contributed by atoms with E-state index in [1.165, 1.54) is 0 Å². The molecule has 114 valence electrons. The van der Waals surface area contributed by atoms with Crippen LogP contribution in [-0.4, -0.2) is 47.7 Å². The maximum Gasteiger partial charge on any atom is 0.241 e. The molecule has 1 aromatic rings. The second kappa shape index (κ2) is 5.43. The lowest BCUT2D eigenvalue weighted by Crippen LogP contribution is -2.64. The van der Waals surface area contributed by atoms with E-state index in [0.29, 0.717) is 32.1 Å². The van der Waals surface area contributed by atoms with Crippen molar-refractivity contribution in [1.29, 1.82) is 0 Å². The van der Waals surface area contributed by atoms with Crippen LogP contribution < -0.4 is 4.90 Å². The zero-order chi connectivity index (χ0) is 15.0. The third-order valence-electron chi connectivity index (χ3n) is 4.71. The average Bonchev–Trinajstić information content (AvgIpc) is 3.24. The van der Waals surface area contributed by atoms with Gasteiger partial charge in [-0.3, -0.25) is 9.69 Å². The summed E-state index contributed by atoms with van der Waals surface area (Å²) in [6, 6.07) is 7.98. The molecule has 0 atom stereocenters. The van der Waals surface area contributed by atoms with E-state index >= 15 is 0 Å². The fraction of sp³-hybridized carbons (Fsp3) is 0.588. The van der Waals surface area contributed by atoms with Gasteiger partial charge in [0, 0.05) is 25.3 Å². The fourth-order valence-electron chi connectivity index (χ4n) is 3.34. The first-order valence-electron chi connectivity index (χ1n) is 7.84. The Balaban J connectivity index is 1.60.